The van der Waals surface area contributed by atoms with Crippen LogP contribution in [-0.4, -0.2) is 4.98 Å². The number of aromatic nitrogens is 1. The van der Waals surface area contributed by atoms with E-state index in [4.69, 9.17) is 16.0 Å². The van der Waals surface area contributed by atoms with E-state index >= 15 is 0 Å². The quantitative estimate of drug-likeness (QED) is 0.699. The molecule has 0 aliphatic heterocycles. The van der Waals surface area contributed by atoms with Crippen molar-refractivity contribution in [3.8, 4) is 11.5 Å². The minimum atomic E-state index is -0.804. The van der Waals surface area contributed by atoms with Gasteiger partial charge in [-0.1, -0.05) is 11.6 Å². The predicted molar refractivity (Wildman–Crippen MR) is 51.6 cm³/mol. The van der Waals surface area contributed by atoms with Crippen LogP contribution in [0.2, 0.25) is 5.02 Å². The molecule has 78 valence electrons. The third-order valence-corrected chi connectivity index (χ3v) is 2.15. The molecule has 0 saturated heterocycles. The van der Waals surface area contributed by atoms with Crippen LogP contribution < -0.4 is 0 Å². The topological polar surface area (TPSA) is 26.0 Å². The molecule has 1 aromatic heterocycles. The van der Waals surface area contributed by atoms with Gasteiger partial charge in [-0.15, -0.1) is 0 Å². The maximum absolute atomic E-state index is 13.3. The van der Waals surface area contributed by atoms with E-state index in [2.05, 4.69) is 4.98 Å². The Bertz CT molecular complexity index is 510. The van der Waals surface area contributed by atoms with Crippen LogP contribution in [0.3, 0.4) is 0 Å². The van der Waals surface area contributed by atoms with E-state index in [0.717, 1.165) is 6.07 Å². The van der Waals surface area contributed by atoms with Crippen molar-refractivity contribution in [1.82, 2.24) is 4.98 Å². The van der Waals surface area contributed by atoms with Gasteiger partial charge in [-0.3, -0.25) is 0 Å². The normalized spacial score (nSPS) is 10.7. The van der Waals surface area contributed by atoms with Crippen molar-refractivity contribution in [3.05, 3.63) is 40.7 Å². The molecule has 0 N–H and O–H groups in total. The number of oxazole rings is 1. The smallest absolute Gasteiger partial charge is 0.229 e. The zero-order valence-electron chi connectivity index (χ0n) is 7.72. The predicted octanol–water partition coefficient (Wildman–Crippen LogP) is 3.58. The van der Waals surface area contributed by atoms with E-state index in [9.17, 15) is 8.78 Å². The number of aryl methyl sites for hydroxylation is 1. The molecule has 0 atom stereocenters. The van der Waals surface area contributed by atoms with Gasteiger partial charge in [0.25, 0.3) is 0 Å². The highest BCUT2D eigenvalue weighted by Gasteiger charge is 2.14. The second-order valence-corrected chi connectivity index (χ2v) is 3.43. The molecule has 1 heterocycles. The van der Waals surface area contributed by atoms with Crippen molar-refractivity contribution >= 4 is 11.6 Å². The van der Waals surface area contributed by atoms with Crippen molar-refractivity contribution < 1.29 is 13.2 Å². The standard InChI is InChI=1S/C10H6ClF2NO/c1-5-4-14-10(15-5)6-2-7(11)9(13)3-8(6)12/h2-4H,1H3. The second kappa shape index (κ2) is 3.62. The van der Waals surface area contributed by atoms with E-state index in [0.29, 0.717) is 11.8 Å². The lowest BCUT2D eigenvalue weighted by Gasteiger charge is -2.00. The van der Waals surface area contributed by atoms with Crippen LogP contribution in [-0.2, 0) is 0 Å². The summed E-state index contributed by atoms with van der Waals surface area (Å²) in [5, 5.41) is -0.165. The maximum atomic E-state index is 13.3. The zero-order chi connectivity index (χ0) is 11.0. The summed E-state index contributed by atoms with van der Waals surface area (Å²) in [6, 6.07) is 1.86. The van der Waals surface area contributed by atoms with E-state index < -0.39 is 11.6 Å². The number of nitrogens with zero attached hydrogens (tertiary/aromatic N) is 1. The highest BCUT2D eigenvalue weighted by molar-refractivity contribution is 6.31. The Morgan fingerprint density at radius 2 is 2.00 bits per heavy atom. The molecule has 0 aliphatic rings. The summed E-state index contributed by atoms with van der Waals surface area (Å²) in [7, 11) is 0. The average Bonchev–Trinajstić information content (AvgIpc) is 2.58. The number of rotatable bonds is 1. The highest BCUT2D eigenvalue weighted by Crippen LogP contribution is 2.27. The lowest BCUT2D eigenvalue weighted by molar-refractivity contribution is 0.531. The first-order chi connectivity index (χ1) is 7.08. The number of halogens is 3. The van der Waals surface area contributed by atoms with Gasteiger partial charge in [0.05, 0.1) is 16.8 Å². The summed E-state index contributed by atoms with van der Waals surface area (Å²) in [5.41, 5.74) is 0.0505. The average molecular weight is 230 g/mol. The first kappa shape index (κ1) is 10.1. The Morgan fingerprint density at radius 1 is 1.27 bits per heavy atom. The van der Waals surface area contributed by atoms with E-state index in [1.807, 2.05) is 0 Å². The minimum absolute atomic E-state index is 0.0505. The molecular formula is C10H6ClF2NO. The SMILES string of the molecule is Cc1cnc(-c2cc(Cl)c(F)cc2F)o1. The Labute approximate surface area is 89.5 Å². The van der Waals surface area contributed by atoms with Gasteiger partial charge in [-0.2, -0.15) is 0 Å². The Balaban J connectivity index is 2.58. The highest BCUT2D eigenvalue weighted by atomic mass is 35.5. The molecule has 2 nitrogen and oxygen atoms in total. The van der Waals surface area contributed by atoms with Gasteiger partial charge in [-0.25, -0.2) is 13.8 Å². The number of hydrogen-bond donors (Lipinski definition) is 0. The van der Waals surface area contributed by atoms with Crippen LogP contribution in [0.5, 0.6) is 0 Å². The Hall–Kier alpha value is -1.42. The molecule has 0 amide bonds. The van der Waals surface area contributed by atoms with Crippen LogP contribution in [0.1, 0.15) is 5.76 Å². The molecular weight excluding hydrogens is 224 g/mol. The molecule has 15 heavy (non-hydrogen) atoms. The minimum Gasteiger partial charge on any atom is -0.441 e. The van der Waals surface area contributed by atoms with Crippen LogP contribution in [0.15, 0.2) is 22.7 Å². The van der Waals surface area contributed by atoms with Crippen molar-refractivity contribution in [2.24, 2.45) is 0 Å². The third kappa shape index (κ3) is 1.85. The van der Waals surface area contributed by atoms with Gasteiger partial charge < -0.3 is 4.42 Å². The summed E-state index contributed by atoms with van der Waals surface area (Å²) in [5.74, 6) is -0.920. The zero-order valence-corrected chi connectivity index (χ0v) is 8.48. The van der Waals surface area contributed by atoms with Crippen molar-refractivity contribution in [1.29, 1.82) is 0 Å². The molecule has 2 aromatic rings. The lowest BCUT2D eigenvalue weighted by Crippen LogP contribution is -1.87. The van der Waals surface area contributed by atoms with E-state index in [1.54, 1.807) is 6.92 Å². The first-order valence-corrected chi connectivity index (χ1v) is 4.53. The summed E-state index contributed by atoms with van der Waals surface area (Å²) in [6.07, 6.45) is 1.45. The van der Waals surface area contributed by atoms with Gasteiger partial charge >= 0.3 is 0 Å². The van der Waals surface area contributed by atoms with Crippen molar-refractivity contribution in [2.45, 2.75) is 6.92 Å². The molecule has 2 rings (SSSR count). The fourth-order valence-electron chi connectivity index (χ4n) is 1.17. The van der Waals surface area contributed by atoms with Gasteiger partial charge in [-0.05, 0) is 13.0 Å². The lowest BCUT2D eigenvalue weighted by atomic mass is 10.2. The number of hydrogen-bond acceptors (Lipinski definition) is 2. The molecule has 0 fully saturated rings. The first-order valence-electron chi connectivity index (χ1n) is 4.15. The second-order valence-electron chi connectivity index (χ2n) is 3.02. The molecule has 1 aromatic carbocycles. The van der Waals surface area contributed by atoms with Gasteiger partial charge in [0.1, 0.15) is 17.4 Å². The molecule has 0 aliphatic carbocycles. The fourth-order valence-corrected chi connectivity index (χ4v) is 1.33. The van der Waals surface area contributed by atoms with Crippen molar-refractivity contribution in [3.63, 3.8) is 0 Å². The Kier molecular flexibility index (Phi) is 2.44. The van der Waals surface area contributed by atoms with Gasteiger partial charge in [0, 0.05) is 6.07 Å². The molecule has 0 radical (unpaired) electrons. The van der Waals surface area contributed by atoms with Crippen LogP contribution in [0, 0.1) is 18.6 Å². The largest absolute Gasteiger partial charge is 0.441 e. The Morgan fingerprint density at radius 3 is 2.60 bits per heavy atom. The summed E-state index contributed by atoms with van der Waals surface area (Å²) in [4.78, 5) is 3.83. The maximum Gasteiger partial charge on any atom is 0.229 e. The molecule has 0 spiro atoms. The molecule has 5 heteroatoms. The van der Waals surface area contributed by atoms with E-state index in [-0.39, 0.29) is 16.5 Å². The van der Waals surface area contributed by atoms with Crippen LogP contribution in [0.25, 0.3) is 11.5 Å². The van der Waals surface area contributed by atoms with Crippen LogP contribution in [0.4, 0.5) is 8.78 Å². The third-order valence-electron chi connectivity index (χ3n) is 1.86. The van der Waals surface area contributed by atoms with Crippen molar-refractivity contribution in [2.75, 3.05) is 0 Å². The van der Waals surface area contributed by atoms with Crippen LogP contribution >= 0.6 is 11.6 Å². The van der Waals surface area contributed by atoms with E-state index in [1.165, 1.54) is 6.20 Å². The summed E-state index contributed by atoms with van der Waals surface area (Å²) >= 11 is 5.53. The monoisotopic (exact) mass is 229 g/mol. The molecule has 0 bridgehead atoms. The number of benzene rings is 1. The summed E-state index contributed by atoms with van der Waals surface area (Å²) < 4.78 is 31.3. The van der Waals surface area contributed by atoms with Gasteiger partial charge in [0.2, 0.25) is 5.89 Å². The molecule has 0 unspecified atom stereocenters. The molecule has 0 saturated carbocycles. The fraction of sp³-hybridized carbons (Fsp3) is 0.100. The van der Waals surface area contributed by atoms with Gasteiger partial charge in [0.15, 0.2) is 0 Å². The summed E-state index contributed by atoms with van der Waals surface area (Å²) in [6.45, 7) is 1.68.